The van der Waals surface area contributed by atoms with Crippen molar-refractivity contribution in [3.8, 4) is 5.75 Å². The maximum Gasteiger partial charge on any atom is 0.226 e. The fourth-order valence-electron chi connectivity index (χ4n) is 3.04. The molecule has 0 saturated heterocycles. The van der Waals surface area contributed by atoms with Gasteiger partial charge in [0.05, 0.1) is 6.61 Å². The maximum absolute atomic E-state index is 12.0. The average Bonchev–Trinajstić information content (AvgIpc) is 2.62. The topological polar surface area (TPSA) is 59.6 Å². The van der Waals surface area contributed by atoms with Crippen LogP contribution in [-0.2, 0) is 9.53 Å². The van der Waals surface area contributed by atoms with Gasteiger partial charge in [-0.2, -0.15) is 0 Å². The summed E-state index contributed by atoms with van der Waals surface area (Å²) in [6, 6.07) is 7.43. The molecule has 0 unspecified atom stereocenters. The number of ether oxygens (including phenoxy) is 2. The Bertz CT molecular complexity index is 542. The van der Waals surface area contributed by atoms with Gasteiger partial charge in [0.2, 0.25) is 5.91 Å². The van der Waals surface area contributed by atoms with Crippen LogP contribution in [0.25, 0.3) is 0 Å². The van der Waals surface area contributed by atoms with E-state index in [-0.39, 0.29) is 5.91 Å². The standard InChI is InChI=1S/C19H28N2O3S/c1-23-13-14-24-17-10-8-16(9-11-17)20-19(25)21-18(22)12-7-15-5-3-2-4-6-15/h8-11,15H,2-7,12-14H2,1H3,(H2,20,21,22,25). The molecule has 0 aromatic heterocycles. The van der Waals surface area contributed by atoms with Crippen LogP contribution in [0.2, 0.25) is 0 Å². The summed E-state index contributed by atoms with van der Waals surface area (Å²) in [7, 11) is 1.64. The number of rotatable bonds is 8. The average molecular weight is 365 g/mol. The molecule has 5 nitrogen and oxygen atoms in total. The van der Waals surface area contributed by atoms with Crippen molar-refractivity contribution in [1.29, 1.82) is 0 Å². The monoisotopic (exact) mass is 364 g/mol. The van der Waals surface area contributed by atoms with Gasteiger partial charge in [0.15, 0.2) is 5.11 Å². The van der Waals surface area contributed by atoms with E-state index in [2.05, 4.69) is 10.6 Å². The van der Waals surface area contributed by atoms with Crippen molar-refractivity contribution in [2.75, 3.05) is 25.6 Å². The maximum atomic E-state index is 12.0. The lowest BCUT2D eigenvalue weighted by atomic mass is 9.86. The molecule has 6 heteroatoms. The molecule has 25 heavy (non-hydrogen) atoms. The highest BCUT2D eigenvalue weighted by Crippen LogP contribution is 2.27. The summed E-state index contributed by atoms with van der Waals surface area (Å²) >= 11 is 5.21. The first-order chi connectivity index (χ1) is 12.2. The third kappa shape index (κ3) is 7.84. The summed E-state index contributed by atoms with van der Waals surface area (Å²) in [5, 5.41) is 6.12. The van der Waals surface area contributed by atoms with Gasteiger partial charge in [0.25, 0.3) is 0 Å². The smallest absolute Gasteiger partial charge is 0.226 e. The molecular formula is C19H28N2O3S. The first kappa shape index (κ1) is 19.7. The van der Waals surface area contributed by atoms with Gasteiger partial charge in [0.1, 0.15) is 12.4 Å². The van der Waals surface area contributed by atoms with Crippen LogP contribution in [0.5, 0.6) is 5.75 Å². The van der Waals surface area contributed by atoms with Crippen molar-refractivity contribution >= 4 is 28.9 Å². The molecule has 1 aliphatic carbocycles. The van der Waals surface area contributed by atoms with Gasteiger partial charge in [-0.05, 0) is 48.8 Å². The first-order valence-electron chi connectivity index (χ1n) is 9.00. The Morgan fingerprint density at radius 1 is 1.16 bits per heavy atom. The summed E-state index contributed by atoms with van der Waals surface area (Å²) in [5.74, 6) is 1.46. The van der Waals surface area contributed by atoms with Crippen molar-refractivity contribution in [2.24, 2.45) is 5.92 Å². The number of nitrogens with one attached hydrogen (secondary N) is 2. The molecule has 0 atom stereocenters. The molecular weight excluding hydrogens is 336 g/mol. The lowest BCUT2D eigenvalue weighted by Gasteiger charge is -2.21. The van der Waals surface area contributed by atoms with E-state index in [1.807, 2.05) is 24.3 Å². The highest BCUT2D eigenvalue weighted by molar-refractivity contribution is 7.80. The zero-order valence-electron chi connectivity index (χ0n) is 14.9. The van der Waals surface area contributed by atoms with E-state index < -0.39 is 0 Å². The van der Waals surface area contributed by atoms with Crippen molar-refractivity contribution in [3.63, 3.8) is 0 Å². The molecule has 1 aromatic carbocycles. The minimum Gasteiger partial charge on any atom is -0.491 e. The minimum atomic E-state index is -0.0115. The van der Waals surface area contributed by atoms with Gasteiger partial charge in [-0.15, -0.1) is 0 Å². The molecule has 0 bridgehead atoms. The third-order valence-corrected chi connectivity index (χ3v) is 4.63. The number of methoxy groups -OCH3 is 1. The minimum absolute atomic E-state index is 0.0115. The van der Waals surface area contributed by atoms with E-state index in [9.17, 15) is 4.79 Å². The molecule has 0 radical (unpaired) electrons. The van der Waals surface area contributed by atoms with E-state index in [0.29, 0.717) is 30.7 Å². The number of anilines is 1. The number of thiocarbonyl (C=S) groups is 1. The second-order valence-electron chi connectivity index (χ2n) is 6.41. The van der Waals surface area contributed by atoms with Crippen LogP contribution in [0.1, 0.15) is 44.9 Å². The second-order valence-corrected chi connectivity index (χ2v) is 6.82. The zero-order valence-corrected chi connectivity index (χ0v) is 15.7. The van der Waals surface area contributed by atoms with Crippen LogP contribution < -0.4 is 15.4 Å². The number of amides is 1. The summed E-state index contributed by atoms with van der Waals surface area (Å²) in [6.45, 7) is 1.07. The van der Waals surface area contributed by atoms with Gasteiger partial charge in [-0.3, -0.25) is 4.79 Å². The Balaban J connectivity index is 1.67. The predicted molar refractivity (Wildman–Crippen MR) is 104 cm³/mol. The second kappa shape index (κ2) is 11.1. The van der Waals surface area contributed by atoms with Crippen molar-refractivity contribution in [3.05, 3.63) is 24.3 Å². The number of benzene rings is 1. The van der Waals surface area contributed by atoms with Crippen LogP contribution in [-0.4, -0.2) is 31.3 Å². The van der Waals surface area contributed by atoms with Crippen LogP contribution in [0.4, 0.5) is 5.69 Å². The van der Waals surface area contributed by atoms with E-state index in [1.165, 1.54) is 32.1 Å². The molecule has 1 amide bonds. The first-order valence-corrected chi connectivity index (χ1v) is 9.41. The Hall–Kier alpha value is -1.66. The molecule has 1 fully saturated rings. The lowest BCUT2D eigenvalue weighted by molar-refractivity contribution is -0.120. The Morgan fingerprint density at radius 2 is 1.88 bits per heavy atom. The van der Waals surface area contributed by atoms with Gasteiger partial charge >= 0.3 is 0 Å². The number of carbonyl (C=O) groups is 1. The van der Waals surface area contributed by atoms with Crippen LogP contribution in [0, 0.1) is 5.92 Å². The number of hydrogen-bond acceptors (Lipinski definition) is 4. The van der Waals surface area contributed by atoms with E-state index in [1.54, 1.807) is 7.11 Å². The number of carbonyl (C=O) groups excluding carboxylic acids is 1. The predicted octanol–water partition coefficient (Wildman–Crippen LogP) is 3.89. The van der Waals surface area contributed by atoms with Crippen LogP contribution in [0.3, 0.4) is 0 Å². The van der Waals surface area contributed by atoms with Gasteiger partial charge in [0, 0.05) is 19.2 Å². The normalized spacial score (nSPS) is 14.8. The van der Waals surface area contributed by atoms with Crippen LogP contribution >= 0.6 is 12.2 Å². The Morgan fingerprint density at radius 3 is 2.56 bits per heavy atom. The van der Waals surface area contributed by atoms with E-state index in [0.717, 1.165) is 17.9 Å². The highest BCUT2D eigenvalue weighted by Gasteiger charge is 2.15. The number of hydrogen-bond donors (Lipinski definition) is 2. The summed E-state index contributed by atoms with van der Waals surface area (Å²) < 4.78 is 10.4. The summed E-state index contributed by atoms with van der Waals surface area (Å²) in [6.07, 6.45) is 7.96. The van der Waals surface area contributed by atoms with Gasteiger partial charge in [-0.25, -0.2) is 0 Å². The summed E-state index contributed by atoms with van der Waals surface area (Å²) in [5.41, 5.74) is 0.816. The van der Waals surface area contributed by atoms with Gasteiger partial charge in [-0.1, -0.05) is 32.1 Å². The molecule has 2 N–H and O–H groups in total. The quantitative estimate of drug-likeness (QED) is 0.541. The SMILES string of the molecule is COCCOc1ccc(NC(=S)NC(=O)CCC2CCCCC2)cc1. The molecule has 1 aliphatic rings. The molecule has 2 rings (SSSR count). The van der Waals surface area contributed by atoms with E-state index in [4.69, 9.17) is 21.7 Å². The van der Waals surface area contributed by atoms with Crippen LogP contribution in [0.15, 0.2) is 24.3 Å². The molecule has 1 saturated carbocycles. The molecule has 1 aromatic rings. The molecule has 0 spiro atoms. The largest absolute Gasteiger partial charge is 0.491 e. The lowest BCUT2D eigenvalue weighted by Crippen LogP contribution is -2.34. The fourth-order valence-corrected chi connectivity index (χ4v) is 3.27. The van der Waals surface area contributed by atoms with Crippen molar-refractivity contribution in [1.82, 2.24) is 5.32 Å². The zero-order chi connectivity index (χ0) is 17.9. The molecule has 0 heterocycles. The van der Waals surface area contributed by atoms with E-state index >= 15 is 0 Å². The summed E-state index contributed by atoms with van der Waals surface area (Å²) in [4.78, 5) is 12.0. The Labute approximate surface area is 155 Å². The van der Waals surface area contributed by atoms with Crippen molar-refractivity contribution in [2.45, 2.75) is 44.9 Å². The molecule has 0 aliphatic heterocycles. The van der Waals surface area contributed by atoms with Crippen molar-refractivity contribution < 1.29 is 14.3 Å². The molecule has 138 valence electrons. The highest BCUT2D eigenvalue weighted by atomic mass is 32.1. The third-order valence-electron chi connectivity index (χ3n) is 4.43. The fraction of sp³-hybridized carbons (Fsp3) is 0.579. The van der Waals surface area contributed by atoms with Gasteiger partial charge < -0.3 is 20.1 Å². The Kier molecular flexibility index (Phi) is 8.69.